The van der Waals surface area contributed by atoms with E-state index >= 15 is 0 Å². The molecule has 1 aromatic rings. The van der Waals surface area contributed by atoms with Gasteiger partial charge in [-0.15, -0.1) is 0 Å². The number of halogens is 1. The Morgan fingerprint density at radius 2 is 2.31 bits per heavy atom. The largest absolute Gasteiger partial charge is 0.466 e. The molecule has 0 saturated carbocycles. The van der Waals surface area contributed by atoms with E-state index in [1.165, 1.54) is 13.2 Å². The Morgan fingerprint density at radius 1 is 1.62 bits per heavy atom. The van der Waals surface area contributed by atoms with E-state index in [9.17, 15) is 9.18 Å². The number of nitrogens with zero attached hydrogens (tertiary/aromatic N) is 1. The summed E-state index contributed by atoms with van der Waals surface area (Å²) >= 11 is 0. The Morgan fingerprint density at radius 3 is 2.85 bits per heavy atom. The number of hydrogen-bond acceptors (Lipinski definition) is 2. The first-order valence-electron chi connectivity index (χ1n) is 3.44. The lowest BCUT2D eigenvalue weighted by molar-refractivity contribution is 0.0601. The smallest absolute Gasteiger partial charge is 0.327 e. The van der Waals surface area contributed by atoms with E-state index in [1.807, 2.05) is 0 Å². The van der Waals surface area contributed by atoms with Gasteiger partial charge in [0.1, 0.15) is 5.82 Å². The maximum atomic E-state index is 12.7. The van der Waals surface area contributed by atoms with Gasteiger partial charge in [-0.25, -0.2) is 14.0 Å². The van der Waals surface area contributed by atoms with Crippen LogP contribution in [0.4, 0.5) is 10.1 Å². The van der Waals surface area contributed by atoms with Crippen LogP contribution < -0.4 is 0 Å². The molecule has 0 fully saturated rings. The van der Waals surface area contributed by atoms with Crippen molar-refractivity contribution in [2.45, 2.75) is 0 Å². The van der Waals surface area contributed by atoms with Crippen LogP contribution >= 0.6 is 0 Å². The molecule has 66 valence electrons. The van der Waals surface area contributed by atoms with Crippen LogP contribution in [0.15, 0.2) is 18.2 Å². The molecule has 0 radical (unpaired) electrons. The predicted octanol–water partition coefficient (Wildman–Crippen LogP) is 2.16. The van der Waals surface area contributed by atoms with Gasteiger partial charge in [-0.2, -0.15) is 0 Å². The Labute approximate surface area is 74.6 Å². The molecule has 0 atom stereocenters. The molecule has 0 N–H and O–H groups in total. The molecule has 4 heteroatoms. The summed E-state index contributed by atoms with van der Waals surface area (Å²) in [5.74, 6) is -1.27. The van der Waals surface area contributed by atoms with Gasteiger partial charge in [0, 0.05) is 0 Å². The Kier molecular flexibility index (Phi) is 2.60. The fraction of sp³-hybridized carbons (Fsp3) is 0.111. The summed E-state index contributed by atoms with van der Waals surface area (Å²) in [6.45, 7) is 6.72. The molecule has 1 aromatic carbocycles. The number of hydrogen-bond donors (Lipinski definition) is 0. The SMILES string of the molecule is [C-]#[N+]c1ccc(F)cc1C(=O)OC. The van der Waals surface area contributed by atoms with Gasteiger partial charge >= 0.3 is 5.97 Å². The number of carbonyl (C=O) groups excluding carboxylic acids is 1. The maximum absolute atomic E-state index is 12.7. The van der Waals surface area contributed by atoms with Crippen molar-refractivity contribution in [2.24, 2.45) is 0 Å². The summed E-state index contributed by atoms with van der Waals surface area (Å²) in [4.78, 5) is 14.1. The summed E-state index contributed by atoms with van der Waals surface area (Å²) in [6, 6.07) is 3.35. The molecule has 0 aliphatic heterocycles. The normalized spacial score (nSPS) is 9.00. The second kappa shape index (κ2) is 3.68. The molecule has 0 aromatic heterocycles. The standard InChI is InChI=1S/C9H6FNO2/c1-11-8-4-3-6(10)5-7(8)9(12)13-2/h3-5H,2H3. The zero-order chi connectivity index (χ0) is 9.84. The Balaban J connectivity index is 3.25. The van der Waals surface area contributed by atoms with Gasteiger partial charge in [-0.05, 0) is 12.1 Å². The number of carbonyl (C=O) groups is 1. The number of rotatable bonds is 1. The lowest BCUT2D eigenvalue weighted by atomic mass is 10.2. The summed E-state index contributed by atoms with van der Waals surface area (Å²) in [6.07, 6.45) is 0. The summed E-state index contributed by atoms with van der Waals surface area (Å²) < 4.78 is 17.1. The minimum atomic E-state index is -0.703. The molecule has 0 spiro atoms. The van der Waals surface area contributed by atoms with Gasteiger partial charge in [0.05, 0.1) is 19.2 Å². The van der Waals surface area contributed by atoms with E-state index in [0.29, 0.717) is 0 Å². The quantitative estimate of drug-likeness (QED) is 0.488. The first-order valence-corrected chi connectivity index (χ1v) is 3.44. The number of methoxy groups -OCH3 is 1. The van der Waals surface area contributed by atoms with Crippen LogP contribution in [0, 0.1) is 12.4 Å². The third kappa shape index (κ3) is 1.82. The van der Waals surface area contributed by atoms with Crippen LogP contribution in [0.1, 0.15) is 10.4 Å². The van der Waals surface area contributed by atoms with Crippen LogP contribution in [0.2, 0.25) is 0 Å². The van der Waals surface area contributed by atoms with Crippen LogP contribution in [0.3, 0.4) is 0 Å². The van der Waals surface area contributed by atoms with Crippen LogP contribution in [0.5, 0.6) is 0 Å². The lowest BCUT2D eigenvalue weighted by Crippen LogP contribution is -2.01. The van der Waals surface area contributed by atoms with Crippen molar-refractivity contribution in [3.05, 3.63) is 41.0 Å². The van der Waals surface area contributed by atoms with Crippen molar-refractivity contribution >= 4 is 11.7 Å². The zero-order valence-electron chi connectivity index (χ0n) is 6.87. The number of benzene rings is 1. The minimum absolute atomic E-state index is 0.0440. The van der Waals surface area contributed by atoms with E-state index in [1.54, 1.807) is 0 Å². The fourth-order valence-corrected chi connectivity index (χ4v) is 0.879. The van der Waals surface area contributed by atoms with Crippen molar-refractivity contribution in [3.63, 3.8) is 0 Å². The van der Waals surface area contributed by atoms with Crippen LogP contribution in [-0.2, 0) is 4.74 Å². The van der Waals surface area contributed by atoms with E-state index in [4.69, 9.17) is 6.57 Å². The van der Waals surface area contributed by atoms with Crippen molar-refractivity contribution in [1.29, 1.82) is 0 Å². The van der Waals surface area contributed by atoms with Gasteiger partial charge in [-0.3, -0.25) is 0 Å². The topological polar surface area (TPSA) is 30.7 Å². The van der Waals surface area contributed by atoms with Gasteiger partial charge in [-0.1, -0.05) is 6.07 Å². The second-order valence-electron chi connectivity index (χ2n) is 2.26. The molecule has 0 heterocycles. The molecule has 3 nitrogen and oxygen atoms in total. The highest BCUT2D eigenvalue weighted by atomic mass is 19.1. The van der Waals surface area contributed by atoms with Crippen molar-refractivity contribution in [1.82, 2.24) is 0 Å². The van der Waals surface area contributed by atoms with E-state index in [-0.39, 0.29) is 11.3 Å². The molecule has 0 amide bonds. The second-order valence-corrected chi connectivity index (χ2v) is 2.26. The van der Waals surface area contributed by atoms with Gasteiger partial charge < -0.3 is 4.74 Å². The zero-order valence-corrected chi connectivity index (χ0v) is 6.87. The third-order valence-electron chi connectivity index (χ3n) is 1.48. The highest BCUT2D eigenvalue weighted by Crippen LogP contribution is 2.20. The predicted molar refractivity (Wildman–Crippen MR) is 44.0 cm³/mol. The van der Waals surface area contributed by atoms with Crippen LogP contribution in [0.25, 0.3) is 4.85 Å². The van der Waals surface area contributed by atoms with Crippen molar-refractivity contribution < 1.29 is 13.9 Å². The minimum Gasteiger partial charge on any atom is -0.466 e. The molecule has 0 unspecified atom stereocenters. The summed E-state index contributed by atoms with van der Waals surface area (Å²) in [7, 11) is 1.18. The average molecular weight is 179 g/mol. The first kappa shape index (κ1) is 9.20. The van der Waals surface area contributed by atoms with Gasteiger partial charge in [0.25, 0.3) is 0 Å². The van der Waals surface area contributed by atoms with Gasteiger partial charge in [0.15, 0.2) is 0 Å². The maximum Gasteiger partial charge on any atom is 0.327 e. The molecular formula is C9H6FNO2. The fourth-order valence-electron chi connectivity index (χ4n) is 0.879. The summed E-state index contributed by atoms with van der Waals surface area (Å²) in [5.41, 5.74) is 0.0470. The van der Waals surface area contributed by atoms with Crippen LogP contribution in [-0.4, -0.2) is 13.1 Å². The Hall–Kier alpha value is -1.89. The first-order chi connectivity index (χ1) is 6.19. The average Bonchev–Trinajstić information content (AvgIpc) is 2.16. The molecule has 13 heavy (non-hydrogen) atoms. The highest BCUT2D eigenvalue weighted by Gasteiger charge is 2.12. The molecule has 0 saturated heterocycles. The van der Waals surface area contributed by atoms with Crippen molar-refractivity contribution in [3.8, 4) is 0 Å². The van der Waals surface area contributed by atoms with E-state index in [2.05, 4.69) is 9.58 Å². The molecule has 1 rings (SSSR count). The Bertz CT molecular complexity index is 382. The van der Waals surface area contributed by atoms with E-state index < -0.39 is 11.8 Å². The molecular weight excluding hydrogens is 173 g/mol. The van der Waals surface area contributed by atoms with Crippen molar-refractivity contribution in [2.75, 3.05) is 7.11 Å². The lowest BCUT2D eigenvalue weighted by Gasteiger charge is -2.00. The van der Waals surface area contributed by atoms with Gasteiger partial charge in [0.2, 0.25) is 5.69 Å². The monoisotopic (exact) mass is 179 g/mol. The molecule has 0 bridgehead atoms. The molecule has 0 aliphatic rings. The molecule has 0 aliphatic carbocycles. The summed E-state index contributed by atoms with van der Waals surface area (Å²) in [5, 5.41) is 0. The van der Waals surface area contributed by atoms with E-state index in [0.717, 1.165) is 12.1 Å². The highest BCUT2D eigenvalue weighted by molar-refractivity contribution is 5.95. The number of ether oxygens (including phenoxy) is 1. The number of esters is 1. The third-order valence-corrected chi connectivity index (χ3v) is 1.48.